The minimum absolute atomic E-state index is 0.0368. The lowest BCUT2D eigenvalue weighted by molar-refractivity contribution is 0.0724. The summed E-state index contributed by atoms with van der Waals surface area (Å²) < 4.78 is 5.19. The van der Waals surface area contributed by atoms with Gasteiger partial charge in [0.2, 0.25) is 0 Å². The lowest BCUT2D eigenvalue weighted by atomic mass is 10.1. The van der Waals surface area contributed by atoms with Crippen LogP contribution in [0.4, 0.5) is 0 Å². The van der Waals surface area contributed by atoms with Crippen molar-refractivity contribution in [3.8, 4) is 0 Å². The number of likely N-dealkylation sites (tertiary alicyclic amines) is 1. The number of amides is 1. The highest BCUT2D eigenvalue weighted by Crippen LogP contribution is 2.34. The van der Waals surface area contributed by atoms with Gasteiger partial charge in [0, 0.05) is 24.8 Å². The van der Waals surface area contributed by atoms with Crippen LogP contribution in [0.3, 0.4) is 0 Å². The summed E-state index contributed by atoms with van der Waals surface area (Å²) in [6, 6.07) is -0.0368. The van der Waals surface area contributed by atoms with Crippen molar-refractivity contribution in [1.82, 2.24) is 24.8 Å². The van der Waals surface area contributed by atoms with E-state index in [0.29, 0.717) is 18.0 Å². The molecule has 3 heterocycles. The molecule has 0 saturated carbocycles. The number of aryl methyl sites for hydroxylation is 2. The molecule has 0 aromatic carbocycles. The number of carbonyl (C=O) groups is 1. The number of hydrogen-bond donors (Lipinski definition) is 0. The third kappa shape index (κ3) is 3.17. The van der Waals surface area contributed by atoms with E-state index in [4.69, 9.17) is 4.42 Å². The van der Waals surface area contributed by atoms with Crippen molar-refractivity contribution in [2.24, 2.45) is 0 Å². The van der Waals surface area contributed by atoms with Crippen molar-refractivity contribution in [3.63, 3.8) is 0 Å². The Balaban J connectivity index is 1.95. The fourth-order valence-electron chi connectivity index (χ4n) is 3.20. The molecule has 3 rings (SSSR count). The number of oxazole rings is 1. The summed E-state index contributed by atoms with van der Waals surface area (Å²) in [5.74, 6) is 1.19. The number of nitrogens with zero attached hydrogens (tertiary/aromatic N) is 5. The minimum Gasteiger partial charge on any atom is -0.448 e. The molecule has 0 aliphatic carbocycles. The topological polar surface area (TPSA) is 75.4 Å². The quantitative estimate of drug-likeness (QED) is 0.855. The average Bonchev–Trinajstić information content (AvgIpc) is 3.16. The van der Waals surface area contributed by atoms with Crippen LogP contribution in [0.25, 0.3) is 0 Å². The van der Waals surface area contributed by atoms with E-state index in [0.717, 1.165) is 36.5 Å². The van der Waals surface area contributed by atoms with Gasteiger partial charge in [-0.2, -0.15) is 0 Å². The van der Waals surface area contributed by atoms with E-state index in [2.05, 4.69) is 19.9 Å². The van der Waals surface area contributed by atoms with Gasteiger partial charge in [-0.05, 0) is 40.8 Å². The third-order valence-corrected chi connectivity index (χ3v) is 4.28. The molecule has 128 valence electrons. The molecule has 1 aliphatic rings. The predicted octanol–water partition coefficient (Wildman–Crippen LogP) is 2.12. The molecule has 7 nitrogen and oxygen atoms in total. The molecule has 1 saturated heterocycles. The van der Waals surface area contributed by atoms with E-state index in [1.54, 1.807) is 6.92 Å². The molecule has 0 N–H and O–H groups in total. The normalized spacial score (nSPS) is 17.7. The number of carbonyl (C=O) groups excluding carboxylic acids is 1. The zero-order chi connectivity index (χ0) is 17.3. The van der Waals surface area contributed by atoms with Gasteiger partial charge < -0.3 is 14.2 Å². The molecule has 1 fully saturated rings. The van der Waals surface area contributed by atoms with Gasteiger partial charge >= 0.3 is 0 Å². The molecule has 0 radical (unpaired) electrons. The van der Waals surface area contributed by atoms with Crippen molar-refractivity contribution in [3.05, 3.63) is 41.1 Å². The van der Waals surface area contributed by atoms with Gasteiger partial charge in [-0.25, -0.2) is 15.0 Å². The molecule has 1 aliphatic heterocycles. The third-order valence-electron chi connectivity index (χ3n) is 4.28. The van der Waals surface area contributed by atoms with E-state index in [-0.39, 0.29) is 11.9 Å². The summed E-state index contributed by atoms with van der Waals surface area (Å²) in [4.78, 5) is 29.9. The first kappa shape index (κ1) is 16.6. The van der Waals surface area contributed by atoms with Gasteiger partial charge in [-0.3, -0.25) is 4.79 Å². The molecule has 2 aromatic rings. The summed E-state index contributed by atoms with van der Waals surface area (Å²) in [6.45, 7) is 5.10. The van der Waals surface area contributed by atoms with Crippen LogP contribution >= 0.6 is 0 Å². The Kier molecular flexibility index (Phi) is 4.62. The summed E-state index contributed by atoms with van der Waals surface area (Å²) in [5, 5.41) is 0. The minimum atomic E-state index is -0.0872. The van der Waals surface area contributed by atoms with E-state index < -0.39 is 0 Å². The maximum Gasteiger partial charge on any atom is 0.276 e. The van der Waals surface area contributed by atoms with Crippen LogP contribution in [-0.4, -0.2) is 51.3 Å². The highest BCUT2D eigenvalue weighted by atomic mass is 16.3. The predicted molar refractivity (Wildman–Crippen MR) is 88.4 cm³/mol. The van der Waals surface area contributed by atoms with Crippen LogP contribution in [0.5, 0.6) is 0 Å². The van der Waals surface area contributed by atoms with Gasteiger partial charge in [0.25, 0.3) is 5.91 Å². The van der Waals surface area contributed by atoms with Crippen molar-refractivity contribution in [1.29, 1.82) is 0 Å². The maximum absolute atomic E-state index is 12.9. The first-order valence-corrected chi connectivity index (χ1v) is 8.15. The molecule has 0 bridgehead atoms. The molecule has 0 unspecified atom stereocenters. The molecule has 1 amide bonds. The zero-order valence-corrected chi connectivity index (χ0v) is 14.6. The molecule has 0 spiro atoms. The number of rotatable bonds is 4. The Hall–Kier alpha value is -2.28. The van der Waals surface area contributed by atoms with Crippen molar-refractivity contribution in [2.45, 2.75) is 39.3 Å². The SMILES string of the molecule is Cc1ncc(CN(C)C)c([C@H]2CCCN2C(=O)c2ncoc2C)n1. The van der Waals surface area contributed by atoms with Crippen molar-refractivity contribution >= 4 is 5.91 Å². The molecular formula is C17H23N5O2. The molecule has 7 heteroatoms. The molecule has 2 aromatic heterocycles. The van der Waals surface area contributed by atoms with E-state index >= 15 is 0 Å². The van der Waals surface area contributed by atoms with Crippen molar-refractivity contribution in [2.75, 3.05) is 20.6 Å². The lowest BCUT2D eigenvalue weighted by Crippen LogP contribution is -2.32. The van der Waals surface area contributed by atoms with E-state index in [1.165, 1.54) is 6.39 Å². The standard InChI is InChI=1S/C17H23N5O2/c1-11-15(19-10-24-11)17(23)22-7-5-6-14(22)16-13(9-21(3)4)8-18-12(2)20-16/h8,10,14H,5-7,9H2,1-4H3/t14-/m1/s1. The second-order valence-electron chi connectivity index (χ2n) is 6.48. The first-order chi connectivity index (χ1) is 11.5. The van der Waals surface area contributed by atoms with Crippen LogP contribution in [0.2, 0.25) is 0 Å². The Morgan fingerprint density at radius 1 is 1.38 bits per heavy atom. The largest absolute Gasteiger partial charge is 0.448 e. The second kappa shape index (κ2) is 6.68. The fourth-order valence-corrected chi connectivity index (χ4v) is 3.20. The molecule has 24 heavy (non-hydrogen) atoms. The lowest BCUT2D eigenvalue weighted by Gasteiger charge is -2.26. The fraction of sp³-hybridized carbons (Fsp3) is 0.529. The van der Waals surface area contributed by atoms with Crippen molar-refractivity contribution < 1.29 is 9.21 Å². The van der Waals surface area contributed by atoms with Crippen LogP contribution in [0.15, 0.2) is 17.0 Å². The van der Waals surface area contributed by atoms with E-state index in [1.807, 2.05) is 32.1 Å². The van der Waals surface area contributed by atoms with Crippen LogP contribution in [0, 0.1) is 13.8 Å². The van der Waals surface area contributed by atoms with E-state index in [9.17, 15) is 4.79 Å². The molecular weight excluding hydrogens is 306 g/mol. The Morgan fingerprint density at radius 3 is 2.83 bits per heavy atom. The second-order valence-corrected chi connectivity index (χ2v) is 6.48. The average molecular weight is 329 g/mol. The Bertz CT molecular complexity index is 740. The van der Waals surface area contributed by atoms with Crippen LogP contribution in [0.1, 0.15) is 52.2 Å². The van der Waals surface area contributed by atoms with Gasteiger partial charge in [-0.1, -0.05) is 0 Å². The summed E-state index contributed by atoms with van der Waals surface area (Å²) in [5.41, 5.74) is 2.40. The smallest absolute Gasteiger partial charge is 0.276 e. The van der Waals surface area contributed by atoms with Gasteiger partial charge in [-0.15, -0.1) is 0 Å². The summed E-state index contributed by atoms with van der Waals surface area (Å²) in [7, 11) is 4.03. The van der Waals surface area contributed by atoms with Crippen LogP contribution < -0.4 is 0 Å². The van der Waals surface area contributed by atoms with Gasteiger partial charge in [0.15, 0.2) is 12.1 Å². The summed E-state index contributed by atoms with van der Waals surface area (Å²) >= 11 is 0. The zero-order valence-electron chi connectivity index (χ0n) is 14.6. The maximum atomic E-state index is 12.9. The number of aromatic nitrogens is 3. The molecule has 1 atom stereocenters. The first-order valence-electron chi connectivity index (χ1n) is 8.15. The van der Waals surface area contributed by atoms with Gasteiger partial charge in [0.05, 0.1) is 11.7 Å². The van der Waals surface area contributed by atoms with Gasteiger partial charge in [0.1, 0.15) is 11.6 Å². The number of hydrogen-bond acceptors (Lipinski definition) is 6. The van der Waals surface area contributed by atoms with Crippen LogP contribution in [-0.2, 0) is 6.54 Å². The summed E-state index contributed by atoms with van der Waals surface area (Å²) in [6.07, 6.45) is 5.05. The Morgan fingerprint density at radius 2 is 2.17 bits per heavy atom. The Labute approximate surface area is 141 Å². The highest BCUT2D eigenvalue weighted by Gasteiger charge is 2.35. The highest BCUT2D eigenvalue weighted by molar-refractivity contribution is 5.93. The monoisotopic (exact) mass is 329 g/mol.